The first kappa shape index (κ1) is 20.1. The number of amides is 2. The molecule has 1 aliphatic heterocycles. The fourth-order valence-corrected chi connectivity index (χ4v) is 3.49. The van der Waals surface area contributed by atoms with E-state index in [0.29, 0.717) is 18.9 Å². The Morgan fingerprint density at radius 2 is 1.82 bits per heavy atom. The van der Waals surface area contributed by atoms with Gasteiger partial charge in [0, 0.05) is 12.7 Å². The standard InChI is InChI=1S/C21H24N2O4S/c1-15-7-9-16(10-8-15)22-20(24)13-28-14-21(25)23(2)11-17-12-26-18-5-3-4-6-19(18)27-17/h3-10,17H,11-14H2,1-2H3,(H,22,24). The highest BCUT2D eigenvalue weighted by Gasteiger charge is 2.23. The van der Waals surface area contributed by atoms with Gasteiger partial charge in [0.15, 0.2) is 17.6 Å². The van der Waals surface area contributed by atoms with Crippen LogP contribution in [0.1, 0.15) is 5.56 Å². The van der Waals surface area contributed by atoms with Crippen molar-refractivity contribution in [3.8, 4) is 11.5 Å². The van der Waals surface area contributed by atoms with E-state index in [4.69, 9.17) is 9.47 Å². The molecule has 0 aliphatic carbocycles. The van der Waals surface area contributed by atoms with E-state index in [2.05, 4.69) is 5.32 Å². The summed E-state index contributed by atoms with van der Waals surface area (Å²) in [6, 6.07) is 15.1. The van der Waals surface area contributed by atoms with E-state index in [1.165, 1.54) is 11.8 Å². The number of ether oxygens (including phenoxy) is 2. The minimum Gasteiger partial charge on any atom is -0.486 e. The molecule has 1 aliphatic rings. The normalized spacial score (nSPS) is 15.0. The number of nitrogens with zero attached hydrogens (tertiary/aromatic N) is 1. The van der Waals surface area contributed by atoms with E-state index < -0.39 is 0 Å². The zero-order chi connectivity index (χ0) is 19.9. The van der Waals surface area contributed by atoms with Crippen LogP contribution in [-0.4, -0.2) is 54.5 Å². The van der Waals surface area contributed by atoms with Crippen molar-refractivity contribution < 1.29 is 19.1 Å². The van der Waals surface area contributed by atoms with Crippen LogP contribution in [0.2, 0.25) is 0 Å². The van der Waals surface area contributed by atoms with Gasteiger partial charge in [-0.25, -0.2) is 0 Å². The largest absolute Gasteiger partial charge is 0.486 e. The third-order valence-electron chi connectivity index (χ3n) is 4.26. The number of carbonyl (C=O) groups is 2. The number of thioether (sulfide) groups is 1. The summed E-state index contributed by atoms with van der Waals surface area (Å²) in [5.74, 6) is 1.72. The summed E-state index contributed by atoms with van der Waals surface area (Å²) in [6.45, 7) is 2.83. The third-order valence-corrected chi connectivity index (χ3v) is 5.18. The van der Waals surface area contributed by atoms with E-state index in [1.54, 1.807) is 11.9 Å². The molecule has 0 bridgehead atoms. The van der Waals surface area contributed by atoms with Crippen LogP contribution in [0.15, 0.2) is 48.5 Å². The number of likely N-dealkylation sites (N-methyl/N-ethyl adjacent to an activating group) is 1. The molecule has 0 aromatic heterocycles. The Morgan fingerprint density at radius 1 is 1.11 bits per heavy atom. The Hall–Kier alpha value is -2.67. The molecule has 3 rings (SSSR count). The molecule has 1 unspecified atom stereocenters. The monoisotopic (exact) mass is 400 g/mol. The van der Waals surface area contributed by atoms with Crippen molar-refractivity contribution in [2.24, 2.45) is 0 Å². The molecule has 1 atom stereocenters. The molecule has 6 nitrogen and oxygen atoms in total. The van der Waals surface area contributed by atoms with Gasteiger partial charge in [-0.1, -0.05) is 29.8 Å². The number of para-hydroxylation sites is 2. The van der Waals surface area contributed by atoms with Crippen LogP contribution in [0.25, 0.3) is 0 Å². The number of hydrogen-bond acceptors (Lipinski definition) is 5. The fraction of sp³-hybridized carbons (Fsp3) is 0.333. The van der Waals surface area contributed by atoms with Gasteiger partial charge in [0.25, 0.3) is 0 Å². The van der Waals surface area contributed by atoms with Gasteiger partial charge >= 0.3 is 0 Å². The van der Waals surface area contributed by atoms with Crippen LogP contribution >= 0.6 is 11.8 Å². The maximum Gasteiger partial charge on any atom is 0.234 e. The SMILES string of the molecule is Cc1ccc(NC(=O)CSCC(=O)N(C)CC2COc3ccccc3O2)cc1. The lowest BCUT2D eigenvalue weighted by Gasteiger charge is -2.29. The molecule has 7 heteroatoms. The van der Waals surface area contributed by atoms with Crippen molar-refractivity contribution in [2.45, 2.75) is 13.0 Å². The lowest BCUT2D eigenvalue weighted by atomic mass is 10.2. The number of rotatable bonds is 7. The zero-order valence-corrected chi connectivity index (χ0v) is 16.8. The summed E-state index contributed by atoms with van der Waals surface area (Å²) in [4.78, 5) is 25.9. The van der Waals surface area contributed by atoms with E-state index in [1.807, 2.05) is 55.5 Å². The molecule has 0 radical (unpaired) electrons. The summed E-state index contributed by atoms with van der Waals surface area (Å²) < 4.78 is 11.6. The number of aryl methyl sites for hydroxylation is 1. The minimum atomic E-state index is -0.210. The molecule has 148 valence electrons. The van der Waals surface area contributed by atoms with Crippen molar-refractivity contribution >= 4 is 29.3 Å². The van der Waals surface area contributed by atoms with Gasteiger partial charge in [-0.05, 0) is 31.2 Å². The lowest BCUT2D eigenvalue weighted by Crippen LogP contribution is -2.42. The zero-order valence-electron chi connectivity index (χ0n) is 16.0. The van der Waals surface area contributed by atoms with Gasteiger partial charge in [-0.15, -0.1) is 11.8 Å². The Morgan fingerprint density at radius 3 is 2.57 bits per heavy atom. The molecule has 1 heterocycles. The molecule has 0 spiro atoms. The number of benzene rings is 2. The van der Waals surface area contributed by atoms with Crippen molar-refractivity contribution in [1.82, 2.24) is 4.90 Å². The number of hydrogen-bond donors (Lipinski definition) is 1. The second kappa shape index (κ2) is 9.50. The van der Waals surface area contributed by atoms with Gasteiger partial charge in [-0.3, -0.25) is 9.59 Å². The summed E-state index contributed by atoms with van der Waals surface area (Å²) >= 11 is 1.30. The topological polar surface area (TPSA) is 67.9 Å². The Balaban J connectivity index is 1.37. The molecule has 0 saturated heterocycles. The van der Waals surface area contributed by atoms with Crippen LogP contribution in [0.5, 0.6) is 11.5 Å². The van der Waals surface area contributed by atoms with Crippen LogP contribution in [0.4, 0.5) is 5.69 Å². The van der Waals surface area contributed by atoms with Crippen LogP contribution in [-0.2, 0) is 9.59 Å². The average Bonchev–Trinajstić information content (AvgIpc) is 2.69. The third kappa shape index (κ3) is 5.66. The first-order valence-corrected chi connectivity index (χ1v) is 10.2. The number of fused-ring (bicyclic) bond motifs is 1. The molecule has 0 fully saturated rings. The number of anilines is 1. The molecule has 2 amide bonds. The van der Waals surface area contributed by atoms with Crippen LogP contribution in [0.3, 0.4) is 0 Å². The summed E-state index contributed by atoms with van der Waals surface area (Å²) in [5, 5.41) is 2.83. The van der Waals surface area contributed by atoms with Crippen LogP contribution in [0, 0.1) is 6.92 Å². The molecule has 2 aromatic carbocycles. The van der Waals surface area contributed by atoms with E-state index >= 15 is 0 Å². The first-order chi connectivity index (χ1) is 13.5. The smallest absolute Gasteiger partial charge is 0.234 e. The second-order valence-corrected chi connectivity index (χ2v) is 7.66. The average molecular weight is 401 g/mol. The second-order valence-electron chi connectivity index (χ2n) is 6.68. The predicted molar refractivity (Wildman–Crippen MR) is 111 cm³/mol. The van der Waals surface area contributed by atoms with E-state index in [9.17, 15) is 9.59 Å². The molecule has 0 saturated carbocycles. The molecular formula is C21H24N2O4S. The van der Waals surface area contributed by atoms with Gasteiger partial charge < -0.3 is 19.7 Å². The number of nitrogens with one attached hydrogen (secondary N) is 1. The molecule has 2 aromatic rings. The molecule has 28 heavy (non-hydrogen) atoms. The Labute approximate surface area is 169 Å². The van der Waals surface area contributed by atoms with Gasteiger partial charge in [0.05, 0.1) is 18.1 Å². The van der Waals surface area contributed by atoms with Crippen molar-refractivity contribution in [3.05, 3.63) is 54.1 Å². The van der Waals surface area contributed by atoms with Crippen molar-refractivity contribution in [2.75, 3.05) is 37.0 Å². The van der Waals surface area contributed by atoms with E-state index in [-0.39, 0.29) is 29.4 Å². The summed E-state index contributed by atoms with van der Waals surface area (Å²) in [7, 11) is 1.74. The lowest BCUT2D eigenvalue weighted by molar-refractivity contribution is -0.128. The Kier molecular flexibility index (Phi) is 6.81. The maximum absolute atomic E-state index is 12.3. The summed E-state index contributed by atoms with van der Waals surface area (Å²) in [5.41, 5.74) is 1.89. The maximum atomic E-state index is 12.3. The number of carbonyl (C=O) groups excluding carboxylic acids is 2. The van der Waals surface area contributed by atoms with Gasteiger partial charge in [-0.2, -0.15) is 0 Å². The highest BCUT2D eigenvalue weighted by Crippen LogP contribution is 2.30. The van der Waals surface area contributed by atoms with Crippen molar-refractivity contribution in [3.63, 3.8) is 0 Å². The van der Waals surface area contributed by atoms with Crippen molar-refractivity contribution in [1.29, 1.82) is 0 Å². The van der Waals surface area contributed by atoms with E-state index in [0.717, 1.165) is 17.0 Å². The first-order valence-electron chi connectivity index (χ1n) is 9.08. The molecule has 1 N–H and O–H groups in total. The van der Waals surface area contributed by atoms with Crippen LogP contribution < -0.4 is 14.8 Å². The minimum absolute atomic E-state index is 0.0457. The Bertz CT molecular complexity index is 825. The highest BCUT2D eigenvalue weighted by atomic mass is 32.2. The van der Waals surface area contributed by atoms with Gasteiger partial charge in [0.2, 0.25) is 11.8 Å². The molecular weight excluding hydrogens is 376 g/mol. The fourth-order valence-electron chi connectivity index (χ4n) is 2.74. The van der Waals surface area contributed by atoms with Gasteiger partial charge in [0.1, 0.15) is 6.61 Å². The quantitative estimate of drug-likeness (QED) is 0.774. The highest BCUT2D eigenvalue weighted by molar-refractivity contribution is 8.00. The summed E-state index contributed by atoms with van der Waals surface area (Å²) in [6.07, 6.45) is -0.210. The predicted octanol–water partition coefficient (Wildman–Crippen LogP) is 2.97.